The summed E-state index contributed by atoms with van der Waals surface area (Å²) in [7, 11) is 0. The Hall–Kier alpha value is -2.69. The van der Waals surface area contributed by atoms with Gasteiger partial charge in [0.25, 0.3) is 0 Å². The summed E-state index contributed by atoms with van der Waals surface area (Å²) < 4.78 is 10.9. The van der Waals surface area contributed by atoms with Gasteiger partial charge in [0.05, 0.1) is 0 Å². The number of carbonyl (C=O) groups is 1. The molecule has 5 heteroatoms. The van der Waals surface area contributed by atoms with Crippen LogP contribution in [0.25, 0.3) is 0 Å². The lowest BCUT2D eigenvalue weighted by molar-refractivity contribution is 0.103. The standard InChI is InChI=1S/C15H14N2O3/c16-10-2-3-11(12(17)8-10)15(18)9-1-4-13-14(7-9)20-6-5-19-13/h1-4,7-8H,5-6,16-17H2. The third kappa shape index (κ3) is 2.14. The van der Waals surface area contributed by atoms with E-state index in [1.54, 1.807) is 36.4 Å². The second-order valence-corrected chi connectivity index (χ2v) is 4.53. The molecule has 102 valence electrons. The smallest absolute Gasteiger partial charge is 0.195 e. The molecule has 2 aromatic rings. The van der Waals surface area contributed by atoms with E-state index >= 15 is 0 Å². The Morgan fingerprint density at radius 2 is 1.70 bits per heavy atom. The molecule has 20 heavy (non-hydrogen) atoms. The van der Waals surface area contributed by atoms with Gasteiger partial charge < -0.3 is 20.9 Å². The maximum atomic E-state index is 12.4. The lowest BCUT2D eigenvalue weighted by Crippen LogP contribution is -2.16. The Morgan fingerprint density at radius 3 is 2.45 bits per heavy atom. The normalized spacial score (nSPS) is 13.0. The first-order valence-electron chi connectivity index (χ1n) is 6.24. The van der Waals surface area contributed by atoms with Crippen LogP contribution in [0.5, 0.6) is 11.5 Å². The Morgan fingerprint density at radius 1 is 0.950 bits per heavy atom. The van der Waals surface area contributed by atoms with Gasteiger partial charge >= 0.3 is 0 Å². The van der Waals surface area contributed by atoms with Crippen LogP contribution in [-0.4, -0.2) is 19.0 Å². The highest BCUT2D eigenvalue weighted by Crippen LogP contribution is 2.32. The van der Waals surface area contributed by atoms with Gasteiger partial charge in [0.2, 0.25) is 0 Å². The minimum absolute atomic E-state index is 0.167. The lowest BCUT2D eigenvalue weighted by atomic mass is 10.0. The monoisotopic (exact) mass is 270 g/mol. The van der Waals surface area contributed by atoms with Crippen LogP contribution >= 0.6 is 0 Å². The molecule has 2 aromatic carbocycles. The van der Waals surface area contributed by atoms with E-state index in [2.05, 4.69) is 0 Å². The van der Waals surface area contributed by atoms with Gasteiger partial charge in [-0.25, -0.2) is 0 Å². The van der Waals surface area contributed by atoms with Crippen LogP contribution < -0.4 is 20.9 Å². The fourth-order valence-corrected chi connectivity index (χ4v) is 2.13. The molecular formula is C15H14N2O3. The maximum absolute atomic E-state index is 12.4. The average molecular weight is 270 g/mol. The predicted octanol–water partition coefficient (Wildman–Crippen LogP) is 1.85. The highest BCUT2D eigenvalue weighted by atomic mass is 16.6. The molecule has 3 rings (SSSR count). The molecule has 0 aromatic heterocycles. The molecular weight excluding hydrogens is 256 g/mol. The van der Waals surface area contributed by atoms with Gasteiger partial charge in [-0.2, -0.15) is 0 Å². The Balaban J connectivity index is 1.98. The number of anilines is 2. The number of hydrogen-bond acceptors (Lipinski definition) is 5. The number of nitrogen functional groups attached to an aromatic ring is 2. The van der Waals surface area contributed by atoms with Crippen molar-refractivity contribution in [2.24, 2.45) is 0 Å². The molecule has 0 atom stereocenters. The number of fused-ring (bicyclic) bond motifs is 1. The molecule has 0 fully saturated rings. The first kappa shape index (κ1) is 12.3. The highest BCUT2D eigenvalue weighted by Gasteiger charge is 2.17. The molecule has 1 heterocycles. The van der Waals surface area contributed by atoms with E-state index in [-0.39, 0.29) is 5.78 Å². The summed E-state index contributed by atoms with van der Waals surface area (Å²) in [6.07, 6.45) is 0. The number of ketones is 1. The third-order valence-corrected chi connectivity index (χ3v) is 3.12. The van der Waals surface area contributed by atoms with Crippen molar-refractivity contribution in [3.63, 3.8) is 0 Å². The number of rotatable bonds is 2. The molecule has 0 bridgehead atoms. The van der Waals surface area contributed by atoms with Crippen molar-refractivity contribution in [2.75, 3.05) is 24.7 Å². The van der Waals surface area contributed by atoms with Crippen LogP contribution in [0.2, 0.25) is 0 Å². The summed E-state index contributed by atoms with van der Waals surface area (Å²) in [5.74, 6) is 1.06. The zero-order chi connectivity index (χ0) is 14.1. The van der Waals surface area contributed by atoms with Crippen molar-refractivity contribution in [3.8, 4) is 11.5 Å². The van der Waals surface area contributed by atoms with Crippen LogP contribution in [0.15, 0.2) is 36.4 Å². The van der Waals surface area contributed by atoms with Crippen LogP contribution in [0.4, 0.5) is 11.4 Å². The molecule has 0 unspecified atom stereocenters. The molecule has 5 nitrogen and oxygen atoms in total. The van der Waals surface area contributed by atoms with E-state index in [0.29, 0.717) is 47.2 Å². The minimum Gasteiger partial charge on any atom is -0.486 e. The van der Waals surface area contributed by atoms with Crippen molar-refractivity contribution in [1.29, 1.82) is 0 Å². The molecule has 0 radical (unpaired) electrons. The first-order valence-corrected chi connectivity index (χ1v) is 6.24. The summed E-state index contributed by atoms with van der Waals surface area (Å²) in [6.45, 7) is 1.000. The third-order valence-electron chi connectivity index (χ3n) is 3.12. The van der Waals surface area contributed by atoms with E-state index in [1.165, 1.54) is 0 Å². The van der Waals surface area contributed by atoms with Gasteiger partial charge in [-0.1, -0.05) is 0 Å². The first-order chi connectivity index (χ1) is 9.65. The quantitative estimate of drug-likeness (QED) is 0.642. The summed E-state index contributed by atoms with van der Waals surface area (Å²) in [6, 6.07) is 9.96. The van der Waals surface area contributed by atoms with Crippen molar-refractivity contribution in [3.05, 3.63) is 47.5 Å². The van der Waals surface area contributed by atoms with Gasteiger partial charge in [0.15, 0.2) is 17.3 Å². The number of carbonyl (C=O) groups excluding carboxylic acids is 1. The van der Waals surface area contributed by atoms with Crippen molar-refractivity contribution < 1.29 is 14.3 Å². The minimum atomic E-state index is -0.167. The van der Waals surface area contributed by atoms with Crippen LogP contribution in [-0.2, 0) is 0 Å². The van der Waals surface area contributed by atoms with Crippen LogP contribution in [0, 0.1) is 0 Å². The van der Waals surface area contributed by atoms with Gasteiger partial charge in [-0.05, 0) is 36.4 Å². The second kappa shape index (κ2) is 4.77. The van der Waals surface area contributed by atoms with Crippen molar-refractivity contribution in [1.82, 2.24) is 0 Å². The van der Waals surface area contributed by atoms with Gasteiger partial charge in [0, 0.05) is 22.5 Å². The largest absolute Gasteiger partial charge is 0.486 e. The van der Waals surface area contributed by atoms with Gasteiger partial charge in [-0.3, -0.25) is 4.79 Å². The van der Waals surface area contributed by atoms with E-state index < -0.39 is 0 Å². The average Bonchev–Trinajstić information content (AvgIpc) is 2.46. The summed E-state index contributed by atoms with van der Waals surface area (Å²) in [5, 5.41) is 0. The fraction of sp³-hybridized carbons (Fsp3) is 0.133. The molecule has 1 aliphatic heterocycles. The lowest BCUT2D eigenvalue weighted by Gasteiger charge is -2.18. The Labute approximate surface area is 116 Å². The van der Waals surface area contributed by atoms with Crippen LogP contribution in [0.3, 0.4) is 0 Å². The second-order valence-electron chi connectivity index (χ2n) is 4.53. The molecule has 0 saturated carbocycles. The van der Waals surface area contributed by atoms with Crippen molar-refractivity contribution in [2.45, 2.75) is 0 Å². The summed E-state index contributed by atoms with van der Waals surface area (Å²) in [4.78, 5) is 12.4. The summed E-state index contributed by atoms with van der Waals surface area (Å²) >= 11 is 0. The number of nitrogens with two attached hydrogens (primary N) is 2. The zero-order valence-corrected chi connectivity index (χ0v) is 10.8. The highest BCUT2D eigenvalue weighted by molar-refractivity contribution is 6.12. The molecule has 0 amide bonds. The van der Waals surface area contributed by atoms with E-state index in [9.17, 15) is 4.79 Å². The van der Waals surface area contributed by atoms with E-state index in [4.69, 9.17) is 20.9 Å². The predicted molar refractivity (Wildman–Crippen MR) is 76.1 cm³/mol. The Bertz CT molecular complexity index is 683. The molecule has 0 spiro atoms. The number of ether oxygens (including phenoxy) is 2. The summed E-state index contributed by atoms with van der Waals surface area (Å²) in [5.41, 5.74) is 13.3. The zero-order valence-electron chi connectivity index (χ0n) is 10.8. The van der Waals surface area contributed by atoms with Gasteiger partial charge in [-0.15, -0.1) is 0 Å². The molecule has 4 N–H and O–H groups in total. The Kier molecular flexibility index (Phi) is 2.95. The molecule has 1 aliphatic rings. The van der Waals surface area contributed by atoms with E-state index in [0.717, 1.165) is 0 Å². The fourth-order valence-electron chi connectivity index (χ4n) is 2.13. The maximum Gasteiger partial charge on any atom is 0.195 e. The van der Waals surface area contributed by atoms with Crippen LogP contribution in [0.1, 0.15) is 15.9 Å². The molecule has 0 saturated heterocycles. The van der Waals surface area contributed by atoms with Gasteiger partial charge in [0.1, 0.15) is 13.2 Å². The van der Waals surface area contributed by atoms with Crippen molar-refractivity contribution >= 4 is 17.2 Å². The number of benzene rings is 2. The number of hydrogen-bond donors (Lipinski definition) is 2. The topological polar surface area (TPSA) is 87.6 Å². The SMILES string of the molecule is Nc1ccc(C(=O)c2ccc3c(c2)OCCO3)c(N)c1. The van der Waals surface area contributed by atoms with E-state index in [1.807, 2.05) is 0 Å². The molecule has 0 aliphatic carbocycles.